The van der Waals surface area contributed by atoms with Gasteiger partial charge in [-0.15, -0.1) is 0 Å². The van der Waals surface area contributed by atoms with Crippen LogP contribution in [0.4, 0.5) is 0 Å². The molecule has 88 valence electrons. The molecule has 0 aliphatic carbocycles. The first-order chi connectivity index (χ1) is 8.69. The fourth-order valence-electron chi connectivity index (χ4n) is 1.39. The lowest BCUT2D eigenvalue weighted by atomic mass is 10.2. The van der Waals surface area contributed by atoms with Crippen LogP contribution in [0.5, 0.6) is 11.5 Å². The van der Waals surface area contributed by atoms with Crippen molar-refractivity contribution in [3.05, 3.63) is 59.7 Å². The van der Waals surface area contributed by atoms with Crippen molar-refractivity contribution in [3.8, 4) is 17.6 Å². The molecule has 0 aliphatic rings. The summed E-state index contributed by atoms with van der Waals surface area (Å²) < 4.78 is 5.49. The molecule has 0 spiro atoms. The summed E-state index contributed by atoms with van der Waals surface area (Å²) in [5.74, 6) is -0.125. The van der Waals surface area contributed by atoms with Gasteiger partial charge in [-0.3, -0.25) is 0 Å². The van der Waals surface area contributed by atoms with E-state index in [9.17, 15) is 9.90 Å². The van der Waals surface area contributed by atoms with Crippen molar-refractivity contribution in [2.45, 2.75) is 0 Å². The van der Waals surface area contributed by atoms with Gasteiger partial charge in [0.2, 0.25) is 0 Å². The Morgan fingerprint density at radius 1 is 1.00 bits per heavy atom. The highest BCUT2D eigenvalue weighted by molar-refractivity contribution is 5.85. The van der Waals surface area contributed by atoms with Crippen LogP contribution in [0.25, 0.3) is 0 Å². The zero-order valence-electron chi connectivity index (χ0n) is 9.29. The standard InChI is InChI=1S/C14H9NO3/c15-9-10-1-5-12(6-2-10)18-13-7-3-11(4-8-13)14(16)17/h1-8H,(H,16,17)/p-1. The molecule has 0 aromatic heterocycles. The molecule has 4 heteroatoms. The van der Waals surface area contributed by atoms with Gasteiger partial charge in [0.15, 0.2) is 0 Å². The zero-order valence-corrected chi connectivity index (χ0v) is 9.29. The molecule has 0 N–H and O–H groups in total. The molecule has 2 aromatic rings. The number of hydrogen-bond donors (Lipinski definition) is 0. The summed E-state index contributed by atoms with van der Waals surface area (Å²) in [6.07, 6.45) is 0. The minimum Gasteiger partial charge on any atom is -0.545 e. The van der Waals surface area contributed by atoms with E-state index in [1.165, 1.54) is 12.1 Å². The molecular formula is C14H8NO3-. The summed E-state index contributed by atoms with van der Waals surface area (Å²) in [6.45, 7) is 0. The Kier molecular flexibility index (Phi) is 3.26. The largest absolute Gasteiger partial charge is 0.545 e. The second kappa shape index (κ2) is 5.02. The third kappa shape index (κ3) is 2.66. The van der Waals surface area contributed by atoms with E-state index in [-0.39, 0.29) is 5.56 Å². The van der Waals surface area contributed by atoms with Crippen LogP contribution in [0, 0.1) is 11.3 Å². The van der Waals surface area contributed by atoms with Crippen LogP contribution in [0.2, 0.25) is 0 Å². The normalized spacial score (nSPS) is 9.50. The van der Waals surface area contributed by atoms with Crippen molar-refractivity contribution < 1.29 is 14.6 Å². The van der Waals surface area contributed by atoms with Gasteiger partial charge < -0.3 is 14.6 Å². The molecule has 0 amide bonds. The average Bonchev–Trinajstić information content (AvgIpc) is 2.40. The Labute approximate surface area is 104 Å². The molecule has 4 nitrogen and oxygen atoms in total. The minimum atomic E-state index is -1.22. The van der Waals surface area contributed by atoms with Gasteiger partial charge in [-0.05, 0) is 54.1 Å². The SMILES string of the molecule is N#Cc1ccc(Oc2ccc(C(=O)[O-])cc2)cc1. The molecule has 0 unspecified atom stereocenters. The van der Waals surface area contributed by atoms with E-state index in [4.69, 9.17) is 10.00 Å². The van der Waals surface area contributed by atoms with Crippen LogP contribution in [-0.2, 0) is 0 Å². The lowest BCUT2D eigenvalue weighted by molar-refractivity contribution is -0.255. The number of carboxylic acid groups (broad SMARTS) is 1. The molecule has 0 saturated carbocycles. The first-order valence-corrected chi connectivity index (χ1v) is 5.18. The van der Waals surface area contributed by atoms with Crippen molar-refractivity contribution >= 4 is 5.97 Å². The predicted octanol–water partition coefficient (Wildman–Crippen LogP) is 1.71. The number of ether oxygens (including phenoxy) is 1. The average molecular weight is 238 g/mol. The molecule has 0 radical (unpaired) electrons. The van der Waals surface area contributed by atoms with Crippen LogP contribution in [0.15, 0.2) is 48.5 Å². The van der Waals surface area contributed by atoms with Crippen LogP contribution < -0.4 is 9.84 Å². The smallest absolute Gasteiger partial charge is 0.127 e. The molecule has 2 rings (SSSR count). The Hall–Kier alpha value is -2.80. The van der Waals surface area contributed by atoms with Gasteiger partial charge in [-0.2, -0.15) is 5.26 Å². The maximum atomic E-state index is 10.6. The fourth-order valence-corrected chi connectivity index (χ4v) is 1.39. The summed E-state index contributed by atoms with van der Waals surface area (Å²) in [5.41, 5.74) is 0.650. The van der Waals surface area contributed by atoms with Gasteiger partial charge in [0.1, 0.15) is 11.5 Å². The topological polar surface area (TPSA) is 73.1 Å². The van der Waals surface area contributed by atoms with E-state index in [2.05, 4.69) is 0 Å². The van der Waals surface area contributed by atoms with Crippen molar-refractivity contribution in [3.63, 3.8) is 0 Å². The van der Waals surface area contributed by atoms with E-state index in [1.807, 2.05) is 6.07 Å². The highest BCUT2D eigenvalue weighted by Gasteiger charge is 1.99. The van der Waals surface area contributed by atoms with Crippen LogP contribution in [0.1, 0.15) is 15.9 Å². The van der Waals surface area contributed by atoms with Crippen LogP contribution >= 0.6 is 0 Å². The molecule has 0 fully saturated rings. The lowest BCUT2D eigenvalue weighted by Crippen LogP contribution is -2.21. The third-order valence-corrected chi connectivity index (χ3v) is 2.31. The Bertz CT molecular complexity index is 594. The Morgan fingerprint density at radius 3 is 1.94 bits per heavy atom. The molecule has 0 heterocycles. The number of rotatable bonds is 3. The van der Waals surface area contributed by atoms with Gasteiger partial charge in [0.05, 0.1) is 17.6 Å². The number of hydrogen-bond acceptors (Lipinski definition) is 4. The van der Waals surface area contributed by atoms with Crippen molar-refractivity contribution in [2.24, 2.45) is 0 Å². The number of carbonyl (C=O) groups excluding carboxylic acids is 1. The summed E-state index contributed by atoms with van der Waals surface area (Å²) in [7, 11) is 0. The number of aromatic carboxylic acids is 1. The zero-order chi connectivity index (χ0) is 13.0. The second-order valence-corrected chi connectivity index (χ2v) is 3.55. The van der Waals surface area contributed by atoms with Crippen LogP contribution in [0.3, 0.4) is 0 Å². The second-order valence-electron chi connectivity index (χ2n) is 3.55. The van der Waals surface area contributed by atoms with E-state index < -0.39 is 5.97 Å². The number of benzene rings is 2. The molecule has 0 atom stereocenters. The number of carboxylic acids is 1. The van der Waals surface area contributed by atoms with Crippen molar-refractivity contribution in [2.75, 3.05) is 0 Å². The van der Waals surface area contributed by atoms with E-state index in [0.717, 1.165) is 0 Å². The highest BCUT2D eigenvalue weighted by atomic mass is 16.5. The summed E-state index contributed by atoms with van der Waals surface area (Å²) in [6, 6.07) is 14.6. The summed E-state index contributed by atoms with van der Waals surface area (Å²) in [5, 5.41) is 19.2. The quantitative estimate of drug-likeness (QED) is 0.815. The molecule has 2 aromatic carbocycles. The summed E-state index contributed by atoms with van der Waals surface area (Å²) in [4.78, 5) is 10.6. The maximum Gasteiger partial charge on any atom is 0.127 e. The number of nitriles is 1. The van der Waals surface area contributed by atoms with E-state index in [0.29, 0.717) is 17.1 Å². The van der Waals surface area contributed by atoms with Gasteiger partial charge in [0, 0.05) is 0 Å². The van der Waals surface area contributed by atoms with E-state index >= 15 is 0 Å². The van der Waals surface area contributed by atoms with Crippen LogP contribution in [-0.4, -0.2) is 5.97 Å². The third-order valence-electron chi connectivity index (χ3n) is 2.31. The molecule has 0 aliphatic heterocycles. The molecule has 18 heavy (non-hydrogen) atoms. The molecule has 0 bridgehead atoms. The van der Waals surface area contributed by atoms with Crippen molar-refractivity contribution in [1.29, 1.82) is 5.26 Å². The number of carbonyl (C=O) groups is 1. The summed E-state index contributed by atoms with van der Waals surface area (Å²) >= 11 is 0. The maximum absolute atomic E-state index is 10.6. The van der Waals surface area contributed by atoms with Gasteiger partial charge in [-0.25, -0.2) is 0 Å². The fraction of sp³-hybridized carbons (Fsp3) is 0. The molecule has 0 saturated heterocycles. The monoisotopic (exact) mass is 238 g/mol. The van der Waals surface area contributed by atoms with Crippen molar-refractivity contribution in [1.82, 2.24) is 0 Å². The Balaban J connectivity index is 2.13. The predicted molar refractivity (Wildman–Crippen MR) is 62.0 cm³/mol. The van der Waals surface area contributed by atoms with Gasteiger partial charge in [0.25, 0.3) is 0 Å². The first-order valence-electron chi connectivity index (χ1n) is 5.18. The Morgan fingerprint density at radius 2 is 1.50 bits per heavy atom. The van der Waals surface area contributed by atoms with Gasteiger partial charge in [-0.1, -0.05) is 0 Å². The minimum absolute atomic E-state index is 0.0992. The highest BCUT2D eigenvalue weighted by Crippen LogP contribution is 2.21. The number of nitrogens with zero attached hydrogens (tertiary/aromatic N) is 1. The molecular weight excluding hydrogens is 230 g/mol. The van der Waals surface area contributed by atoms with Gasteiger partial charge >= 0.3 is 0 Å². The first kappa shape index (κ1) is 11.7. The van der Waals surface area contributed by atoms with E-state index in [1.54, 1.807) is 36.4 Å². The lowest BCUT2D eigenvalue weighted by Gasteiger charge is -2.07.